The Hall–Kier alpha value is 0.486. The van der Waals surface area contributed by atoms with Crippen molar-refractivity contribution in [2.45, 2.75) is 0 Å². The summed E-state index contributed by atoms with van der Waals surface area (Å²) in [4.78, 5) is 0. The van der Waals surface area contributed by atoms with Crippen molar-refractivity contribution < 1.29 is 47.0 Å². The van der Waals surface area contributed by atoms with E-state index in [2.05, 4.69) is 24.7 Å². The van der Waals surface area contributed by atoms with E-state index in [0.29, 0.717) is 0 Å². The monoisotopic (exact) mass is 199 g/mol. The first-order valence-electron chi connectivity index (χ1n) is 0.136. The van der Waals surface area contributed by atoms with Crippen molar-refractivity contribution in [3.05, 3.63) is 0 Å². The molecule has 0 saturated carbocycles. The molecule has 0 aromatic carbocycles. The Labute approximate surface area is 58.2 Å². The van der Waals surface area contributed by atoms with Crippen molar-refractivity contribution in [1.29, 1.82) is 0 Å². The second kappa shape index (κ2) is 1330. The molecule has 0 aromatic rings. The van der Waals surface area contributed by atoms with E-state index < -0.39 is 0 Å². The molecule has 0 radical (unpaired) electrons. The van der Waals surface area contributed by atoms with Gasteiger partial charge in [0, 0.05) is 0 Å². The fourth-order valence-electron chi connectivity index (χ4n) is 0. The van der Waals surface area contributed by atoms with Crippen LogP contribution in [-0.4, -0.2) is 32.9 Å². The molecule has 0 aliphatic rings. The van der Waals surface area contributed by atoms with Crippen LogP contribution >= 0.6 is 10.6 Å². The standard InChI is InChI=1S/Co.6H2O.S/h;6*1H2;. The van der Waals surface area contributed by atoms with Crippen molar-refractivity contribution in [2.75, 3.05) is 0 Å². The number of hydrogen-bond donors (Lipinski definition) is 0. The summed E-state index contributed by atoms with van der Waals surface area (Å²) in [6, 6.07) is 0. The van der Waals surface area contributed by atoms with E-state index in [1.54, 1.807) is 0 Å². The maximum absolute atomic E-state index is 3.77. The Balaban J connectivity index is -0.000000000333. The zero-order chi connectivity index (χ0) is 2.00. The van der Waals surface area contributed by atoms with Crippen LogP contribution in [-0.2, 0) is 14.1 Å². The summed E-state index contributed by atoms with van der Waals surface area (Å²) in [5, 5.41) is 0. The number of rotatable bonds is 0. The van der Waals surface area contributed by atoms with E-state index in [9.17, 15) is 0 Å². The van der Waals surface area contributed by atoms with E-state index in [-0.39, 0.29) is 32.9 Å². The van der Waals surface area contributed by atoms with Gasteiger partial charge in [-0.15, -0.1) is 0 Å². The normalized spacial score (nSPS) is 0.625. The van der Waals surface area contributed by atoms with Crippen LogP contribution in [0.15, 0.2) is 0 Å². The van der Waals surface area contributed by atoms with Crippen molar-refractivity contribution in [2.24, 2.45) is 0 Å². The topological polar surface area (TPSA) is 189 Å². The van der Waals surface area contributed by atoms with E-state index in [1.807, 2.05) is 0 Å². The van der Waals surface area contributed by atoms with Crippen molar-refractivity contribution in [3.63, 3.8) is 0 Å². The van der Waals surface area contributed by atoms with E-state index >= 15 is 0 Å². The Kier molecular flexibility index (Phi) is 35800. The molecule has 0 unspecified atom stereocenters. The number of hydrogen-bond acceptors (Lipinski definition) is 1. The Morgan fingerprint density at radius 2 is 0.500 bits per heavy atom. The molecule has 63 valence electrons. The molecule has 8 heavy (non-hydrogen) atoms. The van der Waals surface area contributed by atoms with Gasteiger partial charge in [0.1, 0.15) is 0 Å². The van der Waals surface area contributed by atoms with Gasteiger partial charge >= 0.3 is 24.7 Å². The molecule has 12 N–H and O–H groups in total. The summed E-state index contributed by atoms with van der Waals surface area (Å²) in [5.74, 6) is 0. The zero-order valence-electron chi connectivity index (χ0n) is 3.74. The summed E-state index contributed by atoms with van der Waals surface area (Å²) in [6.07, 6.45) is 0. The second-order valence-electron chi connectivity index (χ2n) is 0. The SMILES string of the molecule is O.O.O.O.O.O.[S]=[Co]. The van der Waals surface area contributed by atoms with Gasteiger partial charge in [-0.25, -0.2) is 0 Å². The zero-order valence-corrected chi connectivity index (χ0v) is 5.60. The van der Waals surface area contributed by atoms with Crippen LogP contribution < -0.4 is 0 Å². The average Bonchev–Trinajstić information content (AvgIpc) is 1.00. The predicted octanol–water partition coefficient (Wildman–Crippen LogP) is -4.30. The van der Waals surface area contributed by atoms with Crippen molar-refractivity contribution in [1.82, 2.24) is 0 Å². The minimum absolute atomic E-state index is 0. The minimum atomic E-state index is 0. The third-order valence-electron chi connectivity index (χ3n) is 0. The molecule has 0 aromatic heterocycles. The molecule has 0 fully saturated rings. The van der Waals surface area contributed by atoms with E-state index in [0.717, 1.165) is 0 Å². The first-order chi connectivity index (χ1) is 1.00. The van der Waals surface area contributed by atoms with E-state index in [1.165, 1.54) is 0 Å². The molecule has 0 atom stereocenters. The van der Waals surface area contributed by atoms with Gasteiger partial charge in [0.2, 0.25) is 0 Å². The summed E-state index contributed by atoms with van der Waals surface area (Å²) < 4.78 is 0. The van der Waals surface area contributed by atoms with Crippen LogP contribution in [0.4, 0.5) is 0 Å². The molecule has 0 aliphatic heterocycles. The maximum atomic E-state index is 3.77. The molecule has 6 nitrogen and oxygen atoms in total. The first kappa shape index (κ1) is 215. The van der Waals surface area contributed by atoms with Crippen LogP contribution in [0.3, 0.4) is 0 Å². The molecule has 0 amide bonds. The summed E-state index contributed by atoms with van der Waals surface area (Å²) >= 11 is 3.15. The molecular formula is H12CoO6S. The van der Waals surface area contributed by atoms with Gasteiger partial charge in [-0.05, 0) is 0 Å². The predicted molar refractivity (Wildman–Crippen MR) is 29.3 cm³/mol. The molecule has 0 rings (SSSR count). The molecule has 0 spiro atoms. The molecular weight excluding hydrogens is 187 g/mol. The summed E-state index contributed by atoms with van der Waals surface area (Å²) in [6.45, 7) is 0. The third-order valence-corrected chi connectivity index (χ3v) is 0. The van der Waals surface area contributed by atoms with Gasteiger partial charge in [-0.1, -0.05) is 0 Å². The molecule has 8 heteroatoms. The van der Waals surface area contributed by atoms with Crippen LogP contribution in [0.25, 0.3) is 0 Å². The van der Waals surface area contributed by atoms with Crippen molar-refractivity contribution >= 4 is 10.6 Å². The molecule has 0 saturated heterocycles. The van der Waals surface area contributed by atoms with Crippen LogP contribution in [0.1, 0.15) is 0 Å². The molecule has 0 aliphatic carbocycles. The Morgan fingerprint density at radius 1 is 0.500 bits per heavy atom. The van der Waals surface area contributed by atoms with Gasteiger partial charge in [0.05, 0.1) is 0 Å². The summed E-state index contributed by atoms with van der Waals surface area (Å²) in [5.41, 5.74) is 0. The van der Waals surface area contributed by atoms with Gasteiger partial charge in [0.15, 0.2) is 0 Å². The van der Waals surface area contributed by atoms with Gasteiger partial charge in [-0.2, -0.15) is 0 Å². The summed E-state index contributed by atoms with van der Waals surface area (Å²) in [7, 11) is 3.77. The molecule has 0 bridgehead atoms. The van der Waals surface area contributed by atoms with Crippen LogP contribution in [0.2, 0.25) is 0 Å². The fraction of sp³-hybridized carbons (Fsp3) is 0. The first-order valence-corrected chi connectivity index (χ1v) is 1.68. The second-order valence-corrected chi connectivity index (χ2v) is 0. The van der Waals surface area contributed by atoms with Gasteiger partial charge < -0.3 is 32.9 Å². The van der Waals surface area contributed by atoms with E-state index in [4.69, 9.17) is 0 Å². The van der Waals surface area contributed by atoms with Gasteiger partial charge in [-0.3, -0.25) is 0 Å². The van der Waals surface area contributed by atoms with Crippen molar-refractivity contribution in [3.8, 4) is 0 Å². The van der Waals surface area contributed by atoms with Crippen LogP contribution in [0, 0.1) is 0 Å². The quantitative estimate of drug-likeness (QED) is 0.374. The Morgan fingerprint density at radius 3 is 0.500 bits per heavy atom. The Bertz CT molecular complexity index is 8.49. The molecule has 0 heterocycles. The fourth-order valence-corrected chi connectivity index (χ4v) is 0. The third kappa shape index (κ3) is 825. The van der Waals surface area contributed by atoms with Crippen LogP contribution in [0.5, 0.6) is 0 Å². The van der Waals surface area contributed by atoms with Gasteiger partial charge in [0.25, 0.3) is 0 Å². The average molecular weight is 199 g/mol.